The Balaban J connectivity index is 0.000000317. The summed E-state index contributed by atoms with van der Waals surface area (Å²) in [6, 6.07) is 20.9. The first-order valence-electron chi connectivity index (χ1n) is 11.8. The lowest BCUT2D eigenvalue weighted by Crippen LogP contribution is -2.20. The molecule has 0 atom stereocenters. The Morgan fingerprint density at radius 2 is 1.63 bits per heavy atom. The first-order valence-corrected chi connectivity index (χ1v) is 11.8. The number of nitrogens with one attached hydrogen (secondary N) is 2. The Morgan fingerprint density at radius 3 is 2.17 bits per heavy atom. The number of benzene rings is 3. The summed E-state index contributed by atoms with van der Waals surface area (Å²) in [5.41, 5.74) is 5.02. The van der Waals surface area contributed by atoms with E-state index in [0.717, 1.165) is 41.2 Å². The van der Waals surface area contributed by atoms with Crippen molar-refractivity contribution in [2.24, 2.45) is 0 Å². The summed E-state index contributed by atoms with van der Waals surface area (Å²) in [6.07, 6.45) is 1.90. The second-order valence-electron chi connectivity index (χ2n) is 8.26. The molecular formula is C29H39N3O3. The van der Waals surface area contributed by atoms with E-state index in [9.17, 15) is 14.7 Å². The summed E-state index contributed by atoms with van der Waals surface area (Å²) >= 11 is 0. The highest BCUT2D eigenvalue weighted by atomic mass is 16.3. The molecule has 0 saturated carbocycles. The number of rotatable bonds is 8. The van der Waals surface area contributed by atoms with Crippen LogP contribution >= 0.6 is 0 Å². The topological polar surface area (TPSA) is 81.7 Å². The second kappa shape index (κ2) is 16.1. The van der Waals surface area contributed by atoms with E-state index in [0.29, 0.717) is 11.8 Å². The molecule has 188 valence electrons. The zero-order valence-corrected chi connectivity index (χ0v) is 21.8. The number of nitrogens with zero attached hydrogens (tertiary/aromatic N) is 1. The zero-order valence-electron chi connectivity index (χ0n) is 21.8. The Bertz CT molecular complexity index is 1050. The van der Waals surface area contributed by atoms with Crippen molar-refractivity contribution in [3.05, 3.63) is 77.9 Å². The molecule has 0 amide bonds. The van der Waals surface area contributed by atoms with Gasteiger partial charge in [0.25, 0.3) is 0 Å². The van der Waals surface area contributed by atoms with Crippen LogP contribution in [0.4, 0.5) is 11.4 Å². The molecule has 0 spiro atoms. The van der Waals surface area contributed by atoms with Gasteiger partial charge in [-0.1, -0.05) is 56.7 Å². The fourth-order valence-corrected chi connectivity index (χ4v) is 3.05. The Kier molecular flexibility index (Phi) is 13.5. The molecule has 3 aromatic rings. The van der Waals surface area contributed by atoms with Crippen LogP contribution in [0.3, 0.4) is 0 Å². The predicted octanol–water partition coefficient (Wildman–Crippen LogP) is 6.19. The first kappa shape index (κ1) is 29.4. The molecule has 0 aromatic heterocycles. The minimum Gasteiger partial charge on any atom is -0.507 e. The van der Waals surface area contributed by atoms with Crippen LogP contribution in [0.25, 0.3) is 11.1 Å². The molecule has 0 fully saturated rings. The van der Waals surface area contributed by atoms with Gasteiger partial charge in [0, 0.05) is 37.1 Å². The fourth-order valence-electron chi connectivity index (χ4n) is 3.05. The van der Waals surface area contributed by atoms with Gasteiger partial charge in [-0.25, -0.2) is 0 Å². The van der Waals surface area contributed by atoms with Gasteiger partial charge in [0.2, 0.25) is 0 Å². The maximum absolute atomic E-state index is 11.4. The van der Waals surface area contributed by atoms with Crippen LogP contribution in [0.1, 0.15) is 47.9 Å². The van der Waals surface area contributed by atoms with Gasteiger partial charge in [0.05, 0.1) is 5.56 Å². The normalized spacial score (nSPS) is 9.80. The lowest BCUT2D eigenvalue weighted by molar-refractivity contribution is 0.101. The first-order chi connectivity index (χ1) is 16.8. The molecule has 0 aliphatic carbocycles. The number of phenols is 1. The van der Waals surface area contributed by atoms with Gasteiger partial charge >= 0.3 is 0 Å². The minimum absolute atomic E-state index is 0.0168. The molecule has 0 bridgehead atoms. The van der Waals surface area contributed by atoms with E-state index in [-0.39, 0.29) is 11.5 Å². The fraction of sp³-hybridized carbons (Fsp3) is 0.310. The van der Waals surface area contributed by atoms with Crippen molar-refractivity contribution in [3.8, 4) is 16.9 Å². The zero-order chi connectivity index (χ0) is 26.2. The third-order valence-corrected chi connectivity index (χ3v) is 4.82. The van der Waals surface area contributed by atoms with Crippen LogP contribution in [0.2, 0.25) is 0 Å². The molecule has 35 heavy (non-hydrogen) atoms. The number of aromatic hydroxyl groups is 1. The van der Waals surface area contributed by atoms with E-state index in [1.54, 1.807) is 19.1 Å². The number of phenolic OH excluding ortho intramolecular Hbond substituents is 1. The average Bonchev–Trinajstić information content (AvgIpc) is 2.85. The van der Waals surface area contributed by atoms with Crippen molar-refractivity contribution in [2.75, 3.05) is 44.9 Å². The van der Waals surface area contributed by atoms with Gasteiger partial charge in [0.1, 0.15) is 5.75 Å². The van der Waals surface area contributed by atoms with Crippen LogP contribution in [0.15, 0.2) is 66.7 Å². The number of carbonyl (C=O) groups excluding carboxylic acids is 2. The Labute approximate surface area is 210 Å². The summed E-state index contributed by atoms with van der Waals surface area (Å²) in [5, 5.41) is 15.5. The average molecular weight is 478 g/mol. The quantitative estimate of drug-likeness (QED) is 0.204. The summed E-state index contributed by atoms with van der Waals surface area (Å²) in [4.78, 5) is 24.1. The van der Waals surface area contributed by atoms with Gasteiger partial charge in [-0.05, 0) is 62.5 Å². The molecule has 3 N–H and O–H groups in total. The number of ketones is 1. The van der Waals surface area contributed by atoms with E-state index < -0.39 is 0 Å². The molecule has 0 radical (unpaired) electrons. The molecular weight excluding hydrogens is 438 g/mol. The van der Waals surface area contributed by atoms with Crippen LogP contribution < -0.4 is 10.6 Å². The van der Waals surface area contributed by atoms with E-state index in [1.165, 1.54) is 12.5 Å². The van der Waals surface area contributed by atoms with E-state index in [2.05, 4.69) is 41.5 Å². The van der Waals surface area contributed by atoms with Gasteiger partial charge in [-0.2, -0.15) is 0 Å². The highest BCUT2D eigenvalue weighted by molar-refractivity contribution is 6.00. The van der Waals surface area contributed by atoms with E-state index >= 15 is 0 Å². The predicted molar refractivity (Wildman–Crippen MR) is 148 cm³/mol. The molecule has 3 rings (SSSR count). The molecule has 3 aromatic carbocycles. The molecule has 6 nitrogen and oxygen atoms in total. The van der Waals surface area contributed by atoms with Gasteiger partial charge in [0.15, 0.2) is 12.1 Å². The van der Waals surface area contributed by atoms with Crippen molar-refractivity contribution in [1.82, 2.24) is 4.90 Å². The van der Waals surface area contributed by atoms with Gasteiger partial charge < -0.3 is 20.6 Å². The third kappa shape index (κ3) is 10.4. The van der Waals surface area contributed by atoms with Crippen LogP contribution in [-0.2, 0) is 0 Å². The molecule has 0 heterocycles. The van der Waals surface area contributed by atoms with Crippen molar-refractivity contribution < 1.29 is 14.7 Å². The SMILES string of the molecule is CCC.CN(C)CCNc1ccc(O)c(C=O)c1.CNc1cc(-c2ccccc2)ccc1C(C)=O. The number of hydrogen-bond donors (Lipinski definition) is 3. The number of hydrogen-bond acceptors (Lipinski definition) is 6. The lowest BCUT2D eigenvalue weighted by Gasteiger charge is -2.11. The van der Waals surface area contributed by atoms with Crippen molar-refractivity contribution in [1.29, 1.82) is 0 Å². The minimum atomic E-state index is 0.0168. The van der Waals surface area contributed by atoms with E-state index in [1.807, 2.05) is 57.5 Å². The molecule has 0 aliphatic rings. The number of anilines is 2. The van der Waals surface area contributed by atoms with Crippen molar-refractivity contribution in [2.45, 2.75) is 27.2 Å². The molecule has 0 aliphatic heterocycles. The number of Topliss-reactive ketones (excluding diaryl/α,β-unsaturated/α-hetero) is 1. The Hall–Kier alpha value is -3.64. The maximum atomic E-state index is 11.4. The summed E-state index contributed by atoms with van der Waals surface area (Å²) in [6.45, 7) is 7.55. The standard InChI is InChI=1S/C15H15NO.C11H16N2O2.C3H8/c1-11(17)14-9-8-13(10-15(14)16-2)12-6-4-3-5-7-12;1-13(2)6-5-12-10-3-4-11(15)9(7-10)8-14;1-3-2/h3-10,16H,1-2H3;3-4,7-8,12,15H,5-6H2,1-2H3;3H2,1-2H3. The van der Waals surface area contributed by atoms with E-state index in [4.69, 9.17) is 0 Å². The molecule has 6 heteroatoms. The highest BCUT2D eigenvalue weighted by Gasteiger charge is 2.07. The monoisotopic (exact) mass is 477 g/mol. The lowest BCUT2D eigenvalue weighted by atomic mass is 10.0. The summed E-state index contributed by atoms with van der Waals surface area (Å²) in [7, 11) is 5.82. The van der Waals surface area contributed by atoms with Crippen molar-refractivity contribution >= 4 is 23.4 Å². The largest absolute Gasteiger partial charge is 0.507 e. The second-order valence-corrected chi connectivity index (χ2v) is 8.26. The smallest absolute Gasteiger partial charge is 0.161 e. The number of likely N-dealkylation sites (N-methyl/N-ethyl adjacent to an activating group) is 1. The Morgan fingerprint density at radius 1 is 0.971 bits per heavy atom. The van der Waals surface area contributed by atoms with Gasteiger partial charge in [-0.3, -0.25) is 9.59 Å². The van der Waals surface area contributed by atoms with Crippen LogP contribution in [0, 0.1) is 0 Å². The molecule has 0 saturated heterocycles. The summed E-state index contributed by atoms with van der Waals surface area (Å²) < 4.78 is 0. The maximum Gasteiger partial charge on any atom is 0.161 e. The third-order valence-electron chi connectivity index (χ3n) is 4.82. The number of aldehydes is 1. The van der Waals surface area contributed by atoms with Crippen molar-refractivity contribution in [3.63, 3.8) is 0 Å². The molecule has 0 unspecified atom stereocenters. The number of carbonyl (C=O) groups is 2. The van der Waals surface area contributed by atoms with Crippen LogP contribution in [-0.4, -0.2) is 56.3 Å². The van der Waals surface area contributed by atoms with Gasteiger partial charge in [-0.15, -0.1) is 0 Å². The van der Waals surface area contributed by atoms with Crippen LogP contribution in [0.5, 0.6) is 5.75 Å². The highest BCUT2D eigenvalue weighted by Crippen LogP contribution is 2.25. The summed E-state index contributed by atoms with van der Waals surface area (Å²) in [5.74, 6) is 0.0946.